The van der Waals surface area contributed by atoms with Gasteiger partial charge in [0, 0.05) is 23.1 Å². The first-order valence-corrected chi connectivity index (χ1v) is 6.74. The normalized spacial score (nSPS) is 11.9. The monoisotopic (exact) mass is 319 g/mol. The van der Waals surface area contributed by atoms with E-state index in [9.17, 15) is 9.59 Å². The van der Waals surface area contributed by atoms with E-state index in [1.807, 2.05) is 0 Å². The number of hydrogen-bond acceptors (Lipinski definition) is 3. The fourth-order valence-electron chi connectivity index (χ4n) is 1.56. The Labute approximate surface area is 126 Å². The van der Waals surface area contributed by atoms with Gasteiger partial charge in [-0.1, -0.05) is 29.3 Å². The Morgan fingerprint density at radius 1 is 1.35 bits per heavy atom. The molecule has 0 saturated heterocycles. The summed E-state index contributed by atoms with van der Waals surface area (Å²) in [7, 11) is 0. The Hall–Kier alpha value is -1.30. The van der Waals surface area contributed by atoms with Gasteiger partial charge >= 0.3 is 5.97 Å². The Balaban J connectivity index is 2.78. The molecule has 1 amide bonds. The summed E-state index contributed by atoms with van der Waals surface area (Å²) in [6, 6.07) is 3.78. The van der Waals surface area contributed by atoms with E-state index in [1.165, 1.54) is 0 Å². The molecule has 0 heterocycles. The number of carboxylic acids is 1. The van der Waals surface area contributed by atoms with Crippen LogP contribution in [0.15, 0.2) is 18.2 Å². The van der Waals surface area contributed by atoms with Gasteiger partial charge in [0.1, 0.15) is 12.6 Å². The number of nitrogens with one attached hydrogen (secondary N) is 1. The summed E-state index contributed by atoms with van der Waals surface area (Å²) in [5.74, 6) is -1.66. The molecule has 0 aliphatic heterocycles. The summed E-state index contributed by atoms with van der Waals surface area (Å²) in [6.45, 7) is 1.93. The molecule has 0 unspecified atom stereocenters. The van der Waals surface area contributed by atoms with Crippen LogP contribution in [0.1, 0.15) is 12.5 Å². The predicted octanol–water partition coefficient (Wildman–Crippen LogP) is 2.14. The molecule has 5 nitrogen and oxygen atoms in total. The molecule has 1 rings (SSSR count). The minimum absolute atomic E-state index is 0.00566. The lowest BCUT2D eigenvalue weighted by atomic mass is 10.1. The molecular formula is C13H15Cl2NO4. The molecular weight excluding hydrogens is 305 g/mol. The molecule has 20 heavy (non-hydrogen) atoms. The van der Waals surface area contributed by atoms with Crippen molar-refractivity contribution in [3.05, 3.63) is 33.8 Å². The van der Waals surface area contributed by atoms with Crippen LogP contribution in [-0.4, -0.2) is 36.2 Å². The summed E-state index contributed by atoms with van der Waals surface area (Å²) in [5.41, 5.74) is 0.486. The van der Waals surface area contributed by atoms with Gasteiger partial charge in [-0.2, -0.15) is 0 Å². The Morgan fingerprint density at radius 2 is 1.95 bits per heavy atom. The van der Waals surface area contributed by atoms with Gasteiger partial charge in [0.15, 0.2) is 0 Å². The fourth-order valence-corrected chi connectivity index (χ4v) is 2.11. The van der Waals surface area contributed by atoms with Crippen LogP contribution in [0.4, 0.5) is 0 Å². The zero-order valence-corrected chi connectivity index (χ0v) is 12.4. The third kappa shape index (κ3) is 5.00. The molecule has 0 aliphatic rings. The van der Waals surface area contributed by atoms with E-state index in [0.717, 1.165) is 0 Å². The summed E-state index contributed by atoms with van der Waals surface area (Å²) >= 11 is 12.0. The molecule has 0 radical (unpaired) electrons. The Morgan fingerprint density at radius 3 is 2.45 bits per heavy atom. The quantitative estimate of drug-likeness (QED) is 0.807. The highest BCUT2D eigenvalue weighted by Crippen LogP contribution is 2.25. The largest absolute Gasteiger partial charge is 0.480 e. The van der Waals surface area contributed by atoms with Crippen molar-refractivity contribution in [1.29, 1.82) is 0 Å². The first-order valence-electron chi connectivity index (χ1n) is 5.98. The van der Waals surface area contributed by atoms with E-state index in [1.54, 1.807) is 25.1 Å². The van der Waals surface area contributed by atoms with Crippen molar-refractivity contribution in [2.45, 2.75) is 19.4 Å². The highest BCUT2D eigenvalue weighted by atomic mass is 35.5. The van der Waals surface area contributed by atoms with Gasteiger partial charge in [-0.05, 0) is 24.6 Å². The average molecular weight is 320 g/mol. The molecule has 1 atom stereocenters. The molecule has 1 aromatic carbocycles. The topological polar surface area (TPSA) is 75.6 Å². The lowest BCUT2D eigenvalue weighted by Crippen LogP contribution is -2.44. The number of halogens is 2. The third-order valence-corrected chi connectivity index (χ3v) is 3.25. The van der Waals surface area contributed by atoms with Crippen molar-refractivity contribution >= 4 is 35.1 Å². The summed E-state index contributed by atoms with van der Waals surface area (Å²) in [4.78, 5) is 22.7. The second-order valence-corrected chi connectivity index (χ2v) is 4.81. The van der Waals surface area contributed by atoms with Gasteiger partial charge in [-0.25, -0.2) is 4.79 Å². The number of ether oxygens (including phenoxy) is 1. The standard InChI is InChI=1S/C13H15Cl2NO4/c1-2-20-7-12(17)16-11(13(18)19)6-8-9(14)4-3-5-10(8)15/h3-5,11H,2,6-7H2,1H3,(H,16,17)(H,18,19)/t11-/m0/s1. The average Bonchev–Trinajstić information content (AvgIpc) is 2.39. The van der Waals surface area contributed by atoms with Gasteiger partial charge < -0.3 is 15.2 Å². The summed E-state index contributed by atoms with van der Waals surface area (Å²) < 4.78 is 4.92. The molecule has 110 valence electrons. The Kier molecular flexibility index (Phi) is 6.78. The van der Waals surface area contributed by atoms with Crippen molar-refractivity contribution in [2.75, 3.05) is 13.2 Å². The molecule has 0 spiro atoms. The summed E-state index contributed by atoms with van der Waals surface area (Å²) in [5, 5.41) is 12.2. The van der Waals surface area contributed by atoms with Crippen molar-refractivity contribution in [3.8, 4) is 0 Å². The highest BCUT2D eigenvalue weighted by Gasteiger charge is 2.22. The van der Waals surface area contributed by atoms with E-state index in [4.69, 9.17) is 33.0 Å². The maximum absolute atomic E-state index is 11.5. The van der Waals surface area contributed by atoms with Crippen LogP contribution < -0.4 is 5.32 Å². The Bertz CT molecular complexity index is 473. The van der Waals surface area contributed by atoms with Gasteiger partial charge in [0.25, 0.3) is 0 Å². The number of carbonyl (C=O) groups excluding carboxylic acids is 1. The van der Waals surface area contributed by atoms with Crippen LogP contribution >= 0.6 is 23.2 Å². The molecule has 1 aromatic rings. The van der Waals surface area contributed by atoms with Crippen molar-refractivity contribution in [2.24, 2.45) is 0 Å². The van der Waals surface area contributed by atoms with Crippen molar-refractivity contribution in [3.63, 3.8) is 0 Å². The molecule has 0 saturated carbocycles. The van der Waals surface area contributed by atoms with Crippen LogP contribution in [0.3, 0.4) is 0 Å². The number of rotatable bonds is 7. The van der Waals surface area contributed by atoms with E-state index >= 15 is 0 Å². The molecule has 7 heteroatoms. The van der Waals surface area contributed by atoms with Crippen LogP contribution in [0, 0.1) is 0 Å². The van der Waals surface area contributed by atoms with Crippen LogP contribution in [-0.2, 0) is 20.7 Å². The predicted molar refractivity (Wildman–Crippen MR) is 76.2 cm³/mol. The second kappa shape index (κ2) is 8.09. The van der Waals surface area contributed by atoms with E-state index in [2.05, 4.69) is 5.32 Å². The first-order chi connectivity index (χ1) is 9.45. The van der Waals surface area contributed by atoms with Crippen molar-refractivity contribution in [1.82, 2.24) is 5.32 Å². The summed E-state index contributed by atoms with van der Waals surface area (Å²) in [6.07, 6.45) is 0.00566. The number of carbonyl (C=O) groups is 2. The van der Waals surface area contributed by atoms with E-state index in [-0.39, 0.29) is 13.0 Å². The van der Waals surface area contributed by atoms with Gasteiger partial charge in [-0.15, -0.1) is 0 Å². The minimum Gasteiger partial charge on any atom is -0.480 e. The lowest BCUT2D eigenvalue weighted by Gasteiger charge is -2.16. The number of hydrogen-bond donors (Lipinski definition) is 2. The van der Waals surface area contributed by atoms with Gasteiger partial charge in [0.2, 0.25) is 5.91 Å². The molecule has 0 fully saturated rings. The van der Waals surface area contributed by atoms with Gasteiger partial charge in [0.05, 0.1) is 0 Å². The smallest absolute Gasteiger partial charge is 0.326 e. The van der Waals surface area contributed by atoms with E-state index < -0.39 is 17.9 Å². The second-order valence-electron chi connectivity index (χ2n) is 4.00. The fraction of sp³-hybridized carbons (Fsp3) is 0.385. The molecule has 0 bridgehead atoms. The first kappa shape index (κ1) is 16.8. The SMILES string of the molecule is CCOCC(=O)N[C@@H](Cc1c(Cl)cccc1Cl)C(=O)O. The number of aliphatic carboxylic acids is 1. The zero-order chi connectivity index (χ0) is 15.1. The molecule has 0 aliphatic carbocycles. The van der Waals surface area contributed by atoms with Gasteiger partial charge in [-0.3, -0.25) is 4.79 Å². The maximum Gasteiger partial charge on any atom is 0.326 e. The van der Waals surface area contributed by atoms with Crippen LogP contribution in [0.25, 0.3) is 0 Å². The van der Waals surface area contributed by atoms with Crippen LogP contribution in [0.5, 0.6) is 0 Å². The van der Waals surface area contributed by atoms with E-state index in [0.29, 0.717) is 22.2 Å². The minimum atomic E-state index is -1.16. The van der Waals surface area contributed by atoms with Crippen LogP contribution in [0.2, 0.25) is 10.0 Å². The van der Waals surface area contributed by atoms with Crippen molar-refractivity contribution < 1.29 is 19.4 Å². The molecule has 2 N–H and O–H groups in total. The zero-order valence-electron chi connectivity index (χ0n) is 10.9. The highest BCUT2D eigenvalue weighted by molar-refractivity contribution is 6.36. The number of benzene rings is 1. The third-order valence-electron chi connectivity index (χ3n) is 2.54. The number of amides is 1. The lowest BCUT2D eigenvalue weighted by molar-refractivity contribution is -0.142. The molecule has 0 aromatic heterocycles. The number of carboxylic acid groups (broad SMARTS) is 1. The maximum atomic E-state index is 11.5.